The SMILES string of the molecule is Cc1ccc(N2C(=O)S/C(=C\c3ccc(-c4cccc([N+](=O)[O-])c4)o3)C2=S)cc1. The van der Waals surface area contributed by atoms with Gasteiger partial charge in [0.2, 0.25) is 0 Å². The van der Waals surface area contributed by atoms with Crippen LogP contribution in [0.15, 0.2) is 70.0 Å². The van der Waals surface area contributed by atoms with Crippen LogP contribution in [0.25, 0.3) is 17.4 Å². The van der Waals surface area contributed by atoms with Gasteiger partial charge in [-0.2, -0.15) is 0 Å². The van der Waals surface area contributed by atoms with E-state index in [0.717, 1.165) is 23.0 Å². The number of amides is 1. The van der Waals surface area contributed by atoms with Crippen LogP contribution < -0.4 is 4.90 Å². The highest BCUT2D eigenvalue weighted by Gasteiger charge is 2.33. The summed E-state index contributed by atoms with van der Waals surface area (Å²) >= 11 is 6.54. The quantitative estimate of drug-likeness (QED) is 0.215. The lowest BCUT2D eigenvalue weighted by molar-refractivity contribution is -0.384. The van der Waals surface area contributed by atoms with E-state index in [9.17, 15) is 14.9 Å². The largest absolute Gasteiger partial charge is 0.457 e. The predicted octanol–water partition coefficient (Wildman–Crippen LogP) is 6.20. The molecule has 29 heavy (non-hydrogen) atoms. The highest BCUT2D eigenvalue weighted by Crippen LogP contribution is 2.37. The van der Waals surface area contributed by atoms with Crippen LogP contribution >= 0.6 is 24.0 Å². The summed E-state index contributed by atoms with van der Waals surface area (Å²) in [5, 5.41) is 10.8. The number of furan rings is 1. The van der Waals surface area contributed by atoms with Crippen LogP contribution in [-0.2, 0) is 0 Å². The van der Waals surface area contributed by atoms with Gasteiger partial charge in [-0.3, -0.25) is 19.8 Å². The van der Waals surface area contributed by atoms with E-state index in [4.69, 9.17) is 16.6 Å². The molecule has 0 N–H and O–H groups in total. The number of carbonyl (C=O) groups excluding carboxylic acids is 1. The van der Waals surface area contributed by atoms with Gasteiger partial charge in [0.25, 0.3) is 10.9 Å². The molecule has 0 spiro atoms. The van der Waals surface area contributed by atoms with E-state index in [1.165, 1.54) is 17.0 Å². The molecule has 0 atom stereocenters. The number of thiocarbonyl (C=S) groups is 1. The molecule has 4 rings (SSSR count). The second-order valence-electron chi connectivity index (χ2n) is 6.36. The molecule has 0 unspecified atom stereocenters. The molecule has 1 saturated heterocycles. The van der Waals surface area contributed by atoms with E-state index in [-0.39, 0.29) is 10.9 Å². The molecule has 2 aromatic carbocycles. The van der Waals surface area contributed by atoms with E-state index in [1.807, 2.05) is 31.2 Å². The van der Waals surface area contributed by atoms with Gasteiger partial charge < -0.3 is 4.42 Å². The first-order valence-corrected chi connectivity index (χ1v) is 9.84. The van der Waals surface area contributed by atoms with Crippen molar-refractivity contribution < 1.29 is 14.1 Å². The molecule has 1 amide bonds. The van der Waals surface area contributed by atoms with Gasteiger partial charge >= 0.3 is 0 Å². The number of nitrogens with zero attached hydrogens (tertiary/aromatic N) is 2. The maximum atomic E-state index is 12.5. The Morgan fingerprint density at radius 3 is 2.62 bits per heavy atom. The van der Waals surface area contributed by atoms with E-state index >= 15 is 0 Å². The fourth-order valence-electron chi connectivity index (χ4n) is 2.87. The summed E-state index contributed by atoms with van der Waals surface area (Å²) in [5.74, 6) is 1.01. The second kappa shape index (κ2) is 7.65. The molecule has 1 aromatic heterocycles. The number of thioether (sulfide) groups is 1. The number of carbonyl (C=O) groups is 1. The van der Waals surface area contributed by atoms with Crippen molar-refractivity contribution in [3.8, 4) is 11.3 Å². The molecule has 1 fully saturated rings. The Kier molecular flexibility index (Phi) is 5.04. The van der Waals surface area contributed by atoms with Crippen LogP contribution in [0.5, 0.6) is 0 Å². The maximum absolute atomic E-state index is 12.5. The second-order valence-corrected chi connectivity index (χ2v) is 7.74. The molecule has 0 bridgehead atoms. The van der Waals surface area contributed by atoms with Crippen LogP contribution in [0.1, 0.15) is 11.3 Å². The summed E-state index contributed by atoms with van der Waals surface area (Å²) < 4.78 is 5.80. The molecule has 144 valence electrons. The topological polar surface area (TPSA) is 76.6 Å². The lowest BCUT2D eigenvalue weighted by Crippen LogP contribution is -2.26. The minimum atomic E-state index is -0.450. The zero-order valence-corrected chi connectivity index (χ0v) is 16.8. The van der Waals surface area contributed by atoms with Crippen molar-refractivity contribution in [2.75, 3.05) is 4.90 Å². The number of nitro groups is 1. The predicted molar refractivity (Wildman–Crippen MR) is 118 cm³/mol. The summed E-state index contributed by atoms with van der Waals surface area (Å²) in [5.41, 5.74) is 2.41. The van der Waals surface area contributed by atoms with Crippen LogP contribution in [0.2, 0.25) is 0 Å². The molecule has 1 aliphatic rings. The average Bonchev–Trinajstić information content (AvgIpc) is 3.28. The summed E-state index contributed by atoms with van der Waals surface area (Å²) in [6.07, 6.45) is 1.71. The normalized spacial score (nSPS) is 15.3. The molecule has 2 heterocycles. The highest BCUT2D eigenvalue weighted by atomic mass is 32.2. The van der Waals surface area contributed by atoms with Gasteiger partial charge in [0.1, 0.15) is 16.5 Å². The third-order valence-corrected chi connectivity index (χ3v) is 5.75. The number of aryl methyl sites for hydroxylation is 1. The van der Waals surface area contributed by atoms with E-state index in [1.54, 1.807) is 30.3 Å². The fourth-order valence-corrected chi connectivity index (χ4v) is 4.13. The number of benzene rings is 2. The average molecular weight is 422 g/mol. The van der Waals surface area contributed by atoms with Gasteiger partial charge in [-0.25, -0.2) is 0 Å². The number of nitro benzene ring substituents is 1. The lowest BCUT2D eigenvalue weighted by atomic mass is 10.1. The standard InChI is InChI=1S/C21H14N2O4S2/c1-13-5-7-15(8-6-13)22-20(28)19(29-21(22)24)12-17-9-10-18(27-17)14-3-2-4-16(11-14)23(25)26/h2-12H,1H3/b19-12-. The molecular weight excluding hydrogens is 408 g/mol. The van der Waals surface area contributed by atoms with Crippen molar-refractivity contribution in [2.24, 2.45) is 0 Å². The van der Waals surface area contributed by atoms with Gasteiger partial charge in [-0.05, 0) is 49.0 Å². The Morgan fingerprint density at radius 1 is 1.14 bits per heavy atom. The minimum Gasteiger partial charge on any atom is -0.457 e. The van der Waals surface area contributed by atoms with Crippen molar-refractivity contribution in [2.45, 2.75) is 6.92 Å². The Morgan fingerprint density at radius 2 is 1.90 bits per heavy atom. The first kappa shape index (κ1) is 19.1. The fraction of sp³-hybridized carbons (Fsp3) is 0.0476. The summed E-state index contributed by atoms with van der Waals surface area (Å²) in [7, 11) is 0. The van der Waals surface area contributed by atoms with Crippen molar-refractivity contribution in [3.05, 3.63) is 87.0 Å². The molecule has 1 aliphatic heterocycles. The van der Waals surface area contributed by atoms with Crippen molar-refractivity contribution in [3.63, 3.8) is 0 Å². The van der Waals surface area contributed by atoms with Gasteiger partial charge in [0.15, 0.2) is 0 Å². The lowest BCUT2D eigenvalue weighted by Gasteiger charge is -2.14. The van der Waals surface area contributed by atoms with Gasteiger partial charge in [-0.1, -0.05) is 42.0 Å². The Hall–Kier alpha value is -3.23. The monoisotopic (exact) mass is 422 g/mol. The number of rotatable bonds is 4. The van der Waals surface area contributed by atoms with E-state index in [2.05, 4.69) is 0 Å². The van der Waals surface area contributed by atoms with Crippen molar-refractivity contribution >= 4 is 51.7 Å². The Bertz CT molecular complexity index is 1170. The van der Waals surface area contributed by atoms with Gasteiger partial charge in [-0.15, -0.1) is 0 Å². The molecule has 8 heteroatoms. The number of hydrogen-bond acceptors (Lipinski definition) is 6. The maximum Gasteiger partial charge on any atom is 0.296 e. The zero-order valence-electron chi connectivity index (χ0n) is 15.2. The smallest absolute Gasteiger partial charge is 0.296 e. The van der Waals surface area contributed by atoms with Crippen molar-refractivity contribution in [1.82, 2.24) is 0 Å². The zero-order chi connectivity index (χ0) is 20.5. The van der Waals surface area contributed by atoms with Crippen LogP contribution in [-0.4, -0.2) is 15.2 Å². The Balaban J connectivity index is 1.60. The first-order valence-electron chi connectivity index (χ1n) is 8.62. The van der Waals surface area contributed by atoms with Crippen LogP contribution in [0.4, 0.5) is 16.2 Å². The van der Waals surface area contributed by atoms with E-state index < -0.39 is 4.92 Å². The highest BCUT2D eigenvalue weighted by molar-refractivity contribution is 8.20. The van der Waals surface area contributed by atoms with Crippen LogP contribution in [0.3, 0.4) is 0 Å². The number of anilines is 1. The molecular formula is C21H14N2O4S2. The minimum absolute atomic E-state index is 0.00864. The molecule has 0 aliphatic carbocycles. The van der Waals surface area contributed by atoms with Gasteiger partial charge in [0.05, 0.1) is 15.5 Å². The third-order valence-electron chi connectivity index (χ3n) is 4.33. The molecule has 3 aromatic rings. The Labute approximate surface area is 176 Å². The number of hydrogen-bond donors (Lipinski definition) is 0. The molecule has 0 saturated carbocycles. The number of non-ortho nitro benzene ring substituents is 1. The molecule has 6 nitrogen and oxygen atoms in total. The summed E-state index contributed by atoms with van der Waals surface area (Å²) in [6.45, 7) is 1.98. The molecule has 0 radical (unpaired) electrons. The third kappa shape index (κ3) is 3.85. The summed E-state index contributed by atoms with van der Waals surface area (Å²) in [4.78, 5) is 25.5. The van der Waals surface area contributed by atoms with Gasteiger partial charge in [0, 0.05) is 17.7 Å². The summed E-state index contributed by atoms with van der Waals surface area (Å²) in [6, 6.07) is 17.3. The van der Waals surface area contributed by atoms with Crippen LogP contribution in [0, 0.1) is 17.0 Å². The van der Waals surface area contributed by atoms with E-state index in [0.29, 0.717) is 27.0 Å². The van der Waals surface area contributed by atoms with Crippen molar-refractivity contribution in [1.29, 1.82) is 0 Å². The first-order chi connectivity index (χ1) is 13.9.